The van der Waals surface area contributed by atoms with Crippen LogP contribution in [0.1, 0.15) is 21.5 Å². The number of hydrogen-bond donors (Lipinski definition) is 2. The van der Waals surface area contributed by atoms with E-state index < -0.39 is 11.8 Å². The minimum atomic E-state index is -0.580. The number of amides is 3. The lowest BCUT2D eigenvalue weighted by atomic mass is 10.1. The number of imide groups is 1. The number of aryl methyl sites for hydroxylation is 1. The minimum Gasteiger partial charge on any atom is -0.350 e. The van der Waals surface area contributed by atoms with E-state index in [0.717, 1.165) is 20.5 Å². The largest absolute Gasteiger partial charge is 0.350 e. The lowest BCUT2D eigenvalue weighted by molar-refractivity contribution is -0.120. The molecule has 0 bridgehead atoms. The highest BCUT2D eigenvalue weighted by molar-refractivity contribution is 9.10. The Bertz CT molecular complexity index is 1300. The van der Waals surface area contributed by atoms with Crippen LogP contribution in [0, 0.1) is 13.8 Å². The van der Waals surface area contributed by atoms with Crippen LogP contribution in [-0.2, 0) is 9.59 Å². The van der Waals surface area contributed by atoms with E-state index >= 15 is 0 Å². The molecule has 1 heterocycles. The van der Waals surface area contributed by atoms with Gasteiger partial charge < -0.3 is 10.6 Å². The van der Waals surface area contributed by atoms with Gasteiger partial charge in [-0.3, -0.25) is 14.4 Å². The van der Waals surface area contributed by atoms with Gasteiger partial charge in [-0.25, -0.2) is 4.90 Å². The van der Waals surface area contributed by atoms with E-state index in [9.17, 15) is 14.4 Å². The maximum atomic E-state index is 13.0. The maximum absolute atomic E-state index is 13.0. The van der Waals surface area contributed by atoms with Crippen LogP contribution in [0.2, 0.25) is 0 Å². The van der Waals surface area contributed by atoms with E-state index in [1.807, 2.05) is 32.0 Å². The second kappa shape index (κ2) is 9.21. The summed E-state index contributed by atoms with van der Waals surface area (Å²) in [7, 11) is 0. The average Bonchev–Trinajstić information content (AvgIpc) is 3.01. The van der Waals surface area contributed by atoms with E-state index in [4.69, 9.17) is 11.6 Å². The van der Waals surface area contributed by atoms with Gasteiger partial charge >= 0.3 is 0 Å². The van der Waals surface area contributed by atoms with Crippen LogP contribution in [-0.4, -0.2) is 17.7 Å². The van der Waals surface area contributed by atoms with Crippen molar-refractivity contribution in [2.24, 2.45) is 0 Å². The molecule has 1 aliphatic heterocycles. The van der Waals surface area contributed by atoms with Gasteiger partial charge in [0, 0.05) is 21.4 Å². The van der Waals surface area contributed by atoms with Crippen LogP contribution >= 0.6 is 27.5 Å². The zero-order valence-corrected chi connectivity index (χ0v) is 20.1. The summed E-state index contributed by atoms with van der Waals surface area (Å²) in [6, 6.07) is 19.2. The molecule has 3 aromatic carbocycles. The van der Waals surface area contributed by atoms with Crippen molar-refractivity contribution in [1.29, 1.82) is 0 Å². The summed E-state index contributed by atoms with van der Waals surface area (Å²) in [6.07, 6.45) is 0. The number of carbonyl (C=O) groups is 3. The lowest BCUT2D eigenvalue weighted by Crippen LogP contribution is -2.33. The molecule has 6 nitrogen and oxygen atoms in total. The van der Waals surface area contributed by atoms with Crippen molar-refractivity contribution < 1.29 is 14.4 Å². The van der Waals surface area contributed by atoms with Crippen molar-refractivity contribution in [2.75, 3.05) is 15.5 Å². The van der Waals surface area contributed by atoms with Gasteiger partial charge in [0.05, 0.1) is 5.69 Å². The van der Waals surface area contributed by atoms with Gasteiger partial charge in [-0.1, -0.05) is 39.7 Å². The molecule has 0 aromatic heterocycles. The Hall–Kier alpha value is -3.42. The van der Waals surface area contributed by atoms with Crippen molar-refractivity contribution in [3.8, 4) is 0 Å². The number of carbonyl (C=O) groups excluding carboxylic acids is 3. The molecule has 0 aliphatic carbocycles. The number of anilines is 3. The zero-order valence-electron chi connectivity index (χ0n) is 17.8. The van der Waals surface area contributed by atoms with Gasteiger partial charge in [0.25, 0.3) is 17.7 Å². The first kappa shape index (κ1) is 22.8. The molecular weight excluding hydrogens is 506 g/mol. The standard InChI is InChI=1S/C25H19BrClN3O3/c1-14-4-3-5-20(15(14)2)30-24(32)21(27)22(25(30)33)28-18-10-6-16(7-11-18)23(31)29-19-12-8-17(26)9-13-19/h3-13,28H,1-2H3,(H,29,31). The van der Waals surface area contributed by atoms with Gasteiger partial charge in [0.2, 0.25) is 0 Å². The Morgan fingerprint density at radius 1 is 0.879 bits per heavy atom. The zero-order chi connectivity index (χ0) is 23.7. The molecule has 33 heavy (non-hydrogen) atoms. The summed E-state index contributed by atoms with van der Waals surface area (Å²) >= 11 is 9.59. The Kier molecular flexibility index (Phi) is 6.35. The van der Waals surface area contributed by atoms with Crippen LogP contribution in [0.5, 0.6) is 0 Å². The molecule has 3 aromatic rings. The molecule has 2 N–H and O–H groups in total. The number of nitrogens with one attached hydrogen (secondary N) is 2. The van der Waals surface area contributed by atoms with Gasteiger partial charge in [-0.2, -0.15) is 0 Å². The normalized spacial score (nSPS) is 13.5. The third kappa shape index (κ3) is 4.55. The summed E-state index contributed by atoms with van der Waals surface area (Å²) in [4.78, 5) is 39.3. The predicted octanol–water partition coefficient (Wildman–Crippen LogP) is 5.75. The summed E-state index contributed by atoms with van der Waals surface area (Å²) < 4.78 is 0.917. The first-order chi connectivity index (χ1) is 15.8. The van der Waals surface area contributed by atoms with E-state index in [2.05, 4.69) is 26.6 Å². The van der Waals surface area contributed by atoms with Crippen LogP contribution in [0.15, 0.2) is 81.9 Å². The third-order valence-corrected chi connectivity index (χ3v) is 6.24. The number of rotatable bonds is 5. The molecule has 0 saturated carbocycles. The number of halogens is 2. The molecule has 0 spiro atoms. The quantitative estimate of drug-likeness (QED) is 0.416. The molecule has 0 unspecified atom stereocenters. The molecule has 0 radical (unpaired) electrons. The van der Waals surface area contributed by atoms with Crippen LogP contribution in [0.4, 0.5) is 17.1 Å². The predicted molar refractivity (Wildman–Crippen MR) is 133 cm³/mol. The van der Waals surface area contributed by atoms with E-state index in [1.54, 1.807) is 48.5 Å². The lowest BCUT2D eigenvalue weighted by Gasteiger charge is -2.18. The summed E-state index contributed by atoms with van der Waals surface area (Å²) in [5, 5.41) is 5.56. The molecule has 166 valence electrons. The topological polar surface area (TPSA) is 78.5 Å². The summed E-state index contributed by atoms with van der Waals surface area (Å²) in [6.45, 7) is 3.76. The van der Waals surface area contributed by atoms with Crippen molar-refractivity contribution in [3.05, 3.63) is 98.6 Å². The molecule has 1 aliphatic rings. The summed E-state index contributed by atoms with van der Waals surface area (Å²) in [5.41, 5.74) is 3.91. The molecular formula is C25H19BrClN3O3. The van der Waals surface area contributed by atoms with Gasteiger partial charge in [-0.05, 0) is 79.6 Å². The fraction of sp³-hybridized carbons (Fsp3) is 0.0800. The van der Waals surface area contributed by atoms with Crippen LogP contribution in [0.3, 0.4) is 0 Å². The van der Waals surface area contributed by atoms with Crippen molar-refractivity contribution in [3.63, 3.8) is 0 Å². The van der Waals surface area contributed by atoms with Crippen LogP contribution < -0.4 is 15.5 Å². The van der Waals surface area contributed by atoms with Gasteiger partial charge in [0.1, 0.15) is 10.7 Å². The maximum Gasteiger partial charge on any atom is 0.283 e. The van der Waals surface area contributed by atoms with E-state index in [-0.39, 0.29) is 16.6 Å². The van der Waals surface area contributed by atoms with Crippen LogP contribution in [0.25, 0.3) is 0 Å². The van der Waals surface area contributed by atoms with Crippen molar-refractivity contribution in [2.45, 2.75) is 13.8 Å². The molecule has 0 fully saturated rings. The monoisotopic (exact) mass is 523 g/mol. The molecule has 0 saturated heterocycles. The summed E-state index contributed by atoms with van der Waals surface area (Å²) in [5.74, 6) is -1.38. The molecule has 0 atom stereocenters. The highest BCUT2D eigenvalue weighted by Gasteiger charge is 2.39. The number of nitrogens with zero attached hydrogens (tertiary/aromatic N) is 1. The Balaban J connectivity index is 1.50. The highest BCUT2D eigenvalue weighted by atomic mass is 79.9. The fourth-order valence-corrected chi connectivity index (χ4v) is 3.87. The first-order valence-corrected chi connectivity index (χ1v) is 11.2. The average molecular weight is 525 g/mol. The van der Waals surface area contributed by atoms with E-state index in [1.165, 1.54) is 0 Å². The number of benzene rings is 3. The smallest absolute Gasteiger partial charge is 0.283 e. The third-order valence-electron chi connectivity index (χ3n) is 5.36. The fourth-order valence-electron chi connectivity index (χ4n) is 3.39. The first-order valence-electron chi connectivity index (χ1n) is 10.0. The Morgan fingerprint density at radius 2 is 1.52 bits per heavy atom. The van der Waals surface area contributed by atoms with Gasteiger partial charge in [0.15, 0.2) is 0 Å². The van der Waals surface area contributed by atoms with Crippen molar-refractivity contribution >= 4 is 62.3 Å². The molecule has 4 rings (SSSR count). The second-order valence-corrected chi connectivity index (χ2v) is 8.81. The second-order valence-electron chi connectivity index (χ2n) is 7.52. The molecule has 8 heteroatoms. The number of hydrogen-bond acceptors (Lipinski definition) is 4. The van der Waals surface area contributed by atoms with Gasteiger partial charge in [-0.15, -0.1) is 0 Å². The van der Waals surface area contributed by atoms with E-state index in [0.29, 0.717) is 22.6 Å². The SMILES string of the molecule is Cc1cccc(N2C(=O)C(Cl)=C(Nc3ccc(C(=O)Nc4ccc(Br)cc4)cc3)C2=O)c1C. The molecule has 3 amide bonds. The Morgan fingerprint density at radius 3 is 2.18 bits per heavy atom. The van der Waals surface area contributed by atoms with Crippen molar-refractivity contribution in [1.82, 2.24) is 0 Å². The Labute approximate surface area is 204 Å². The minimum absolute atomic E-state index is 0.00497. The highest BCUT2D eigenvalue weighted by Crippen LogP contribution is 2.33.